The quantitative estimate of drug-likeness (QED) is 0.348. The summed E-state index contributed by atoms with van der Waals surface area (Å²) in [5.74, 6) is 0.0822. The van der Waals surface area contributed by atoms with Crippen LogP contribution in [-0.4, -0.2) is 18.5 Å². The number of unbranched alkanes of at least 4 members (excludes halogenated alkanes) is 7. The van der Waals surface area contributed by atoms with Crippen LogP contribution in [0.2, 0.25) is 0 Å². The van der Waals surface area contributed by atoms with Gasteiger partial charge in [-0.25, -0.2) is 0 Å². The SMILES string of the molecule is C=CCNC(=O)C(CCCCCCCCCC)NCc1ccccc1. The molecule has 25 heavy (non-hydrogen) atoms. The molecule has 1 rings (SSSR count). The Kier molecular flexibility index (Phi) is 12.6. The lowest BCUT2D eigenvalue weighted by molar-refractivity contribution is -0.123. The monoisotopic (exact) mass is 344 g/mol. The van der Waals surface area contributed by atoms with E-state index in [4.69, 9.17) is 0 Å². The van der Waals surface area contributed by atoms with Gasteiger partial charge in [0.25, 0.3) is 0 Å². The molecule has 0 saturated heterocycles. The van der Waals surface area contributed by atoms with E-state index in [2.05, 4.69) is 36.3 Å². The predicted octanol–water partition coefficient (Wildman–Crippen LogP) is 4.98. The van der Waals surface area contributed by atoms with Crippen LogP contribution in [0.25, 0.3) is 0 Å². The summed E-state index contributed by atoms with van der Waals surface area (Å²) in [6.07, 6.45) is 12.9. The van der Waals surface area contributed by atoms with Crippen molar-refractivity contribution in [3.05, 3.63) is 48.6 Å². The first-order valence-corrected chi connectivity index (χ1v) is 9.93. The molecule has 0 bridgehead atoms. The molecular weight excluding hydrogens is 308 g/mol. The number of carbonyl (C=O) groups is 1. The molecule has 0 spiro atoms. The summed E-state index contributed by atoms with van der Waals surface area (Å²) >= 11 is 0. The van der Waals surface area contributed by atoms with Crippen LogP contribution in [-0.2, 0) is 11.3 Å². The summed E-state index contributed by atoms with van der Waals surface area (Å²) in [5.41, 5.74) is 1.21. The molecular formula is C22H36N2O. The van der Waals surface area contributed by atoms with Gasteiger partial charge in [0, 0.05) is 13.1 Å². The molecule has 0 aliphatic rings. The largest absolute Gasteiger partial charge is 0.351 e. The Morgan fingerprint density at radius 3 is 2.32 bits per heavy atom. The third kappa shape index (κ3) is 10.8. The van der Waals surface area contributed by atoms with E-state index in [0.29, 0.717) is 6.54 Å². The van der Waals surface area contributed by atoms with Crippen LogP contribution in [0.5, 0.6) is 0 Å². The topological polar surface area (TPSA) is 41.1 Å². The fourth-order valence-electron chi connectivity index (χ4n) is 2.94. The predicted molar refractivity (Wildman–Crippen MR) is 108 cm³/mol. The summed E-state index contributed by atoms with van der Waals surface area (Å²) in [7, 11) is 0. The normalized spacial score (nSPS) is 11.9. The van der Waals surface area contributed by atoms with Crippen molar-refractivity contribution < 1.29 is 4.79 Å². The molecule has 3 heteroatoms. The fourth-order valence-corrected chi connectivity index (χ4v) is 2.94. The lowest BCUT2D eigenvalue weighted by Crippen LogP contribution is -2.43. The molecule has 0 radical (unpaired) electrons. The fraction of sp³-hybridized carbons (Fsp3) is 0.591. The van der Waals surface area contributed by atoms with E-state index in [9.17, 15) is 4.79 Å². The Morgan fingerprint density at radius 1 is 1.04 bits per heavy atom. The Morgan fingerprint density at radius 2 is 1.68 bits per heavy atom. The van der Waals surface area contributed by atoms with Crippen LogP contribution in [0.3, 0.4) is 0 Å². The minimum Gasteiger partial charge on any atom is -0.351 e. The maximum absolute atomic E-state index is 12.3. The average Bonchev–Trinajstić information content (AvgIpc) is 2.65. The van der Waals surface area contributed by atoms with Crippen molar-refractivity contribution in [2.75, 3.05) is 6.54 Å². The highest BCUT2D eigenvalue weighted by molar-refractivity contribution is 5.81. The Balaban J connectivity index is 2.30. The van der Waals surface area contributed by atoms with Crippen LogP contribution in [0.1, 0.15) is 70.3 Å². The highest BCUT2D eigenvalue weighted by Gasteiger charge is 2.16. The number of carbonyl (C=O) groups excluding carboxylic acids is 1. The van der Waals surface area contributed by atoms with Crippen LogP contribution in [0.15, 0.2) is 43.0 Å². The molecule has 1 aromatic carbocycles. The van der Waals surface area contributed by atoms with Crippen LogP contribution in [0, 0.1) is 0 Å². The summed E-state index contributed by atoms with van der Waals surface area (Å²) in [6.45, 7) is 7.17. The van der Waals surface area contributed by atoms with Crippen molar-refractivity contribution in [3.63, 3.8) is 0 Å². The number of rotatable bonds is 15. The first-order valence-electron chi connectivity index (χ1n) is 9.93. The van der Waals surface area contributed by atoms with E-state index in [0.717, 1.165) is 19.4 Å². The maximum atomic E-state index is 12.3. The van der Waals surface area contributed by atoms with Gasteiger partial charge in [0.15, 0.2) is 0 Å². The Labute approximate surface area is 154 Å². The molecule has 1 unspecified atom stereocenters. The molecule has 2 N–H and O–H groups in total. The minimum atomic E-state index is -0.125. The summed E-state index contributed by atoms with van der Waals surface area (Å²) in [4.78, 5) is 12.3. The van der Waals surface area contributed by atoms with Crippen molar-refractivity contribution in [1.29, 1.82) is 0 Å². The molecule has 1 amide bonds. The van der Waals surface area contributed by atoms with Gasteiger partial charge >= 0.3 is 0 Å². The number of hydrogen-bond donors (Lipinski definition) is 2. The van der Waals surface area contributed by atoms with Gasteiger partial charge in [0.1, 0.15) is 0 Å². The second kappa shape index (κ2) is 14.7. The molecule has 0 heterocycles. The third-order valence-corrected chi connectivity index (χ3v) is 4.48. The molecule has 140 valence electrons. The molecule has 0 saturated carbocycles. The van der Waals surface area contributed by atoms with E-state index in [1.54, 1.807) is 6.08 Å². The third-order valence-electron chi connectivity index (χ3n) is 4.48. The van der Waals surface area contributed by atoms with Crippen LogP contribution in [0.4, 0.5) is 0 Å². The van der Waals surface area contributed by atoms with Gasteiger partial charge in [0.05, 0.1) is 6.04 Å². The van der Waals surface area contributed by atoms with Gasteiger partial charge in [-0.05, 0) is 12.0 Å². The number of hydrogen-bond acceptors (Lipinski definition) is 2. The van der Waals surface area contributed by atoms with E-state index < -0.39 is 0 Å². The summed E-state index contributed by atoms with van der Waals surface area (Å²) < 4.78 is 0. The van der Waals surface area contributed by atoms with E-state index >= 15 is 0 Å². The van der Waals surface area contributed by atoms with E-state index in [-0.39, 0.29) is 11.9 Å². The van der Waals surface area contributed by atoms with Gasteiger partial charge in [-0.15, -0.1) is 6.58 Å². The van der Waals surface area contributed by atoms with Crippen molar-refractivity contribution in [2.45, 2.75) is 77.3 Å². The first kappa shape index (κ1) is 21.4. The molecule has 0 aliphatic carbocycles. The van der Waals surface area contributed by atoms with Gasteiger partial charge in [-0.1, -0.05) is 94.7 Å². The van der Waals surface area contributed by atoms with Gasteiger partial charge in [-0.3, -0.25) is 4.79 Å². The first-order chi connectivity index (χ1) is 12.3. The molecule has 1 atom stereocenters. The molecule has 0 aromatic heterocycles. The van der Waals surface area contributed by atoms with Gasteiger partial charge in [-0.2, -0.15) is 0 Å². The van der Waals surface area contributed by atoms with E-state index in [1.807, 2.05) is 18.2 Å². The maximum Gasteiger partial charge on any atom is 0.237 e. The number of nitrogens with one attached hydrogen (secondary N) is 2. The highest BCUT2D eigenvalue weighted by Crippen LogP contribution is 2.11. The Hall–Kier alpha value is -1.61. The van der Waals surface area contributed by atoms with Crippen molar-refractivity contribution >= 4 is 5.91 Å². The van der Waals surface area contributed by atoms with Crippen LogP contribution >= 0.6 is 0 Å². The van der Waals surface area contributed by atoms with Gasteiger partial charge in [0.2, 0.25) is 5.91 Å². The summed E-state index contributed by atoms with van der Waals surface area (Å²) in [5, 5.41) is 6.34. The van der Waals surface area contributed by atoms with Gasteiger partial charge < -0.3 is 10.6 Å². The number of benzene rings is 1. The lowest BCUT2D eigenvalue weighted by Gasteiger charge is -2.18. The van der Waals surface area contributed by atoms with Crippen LogP contribution < -0.4 is 10.6 Å². The average molecular weight is 345 g/mol. The van der Waals surface area contributed by atoms with Crippen molar-refractivity contribution in [2.24, 2.45) is 0 Å². The smallest absolute Gasteiger partial charge is 0.237 e. The lowest BCUT2D eigenvalue weighted by atomic mass is 10.0. The standard InChI is InChI=1S/C22H36N2O/c1-3-5-6-7-8-9-10-14-17-21(22(25)23-18-4-2)24-19-20-15-12-11-13-16-20/h4,11-13,15-16,21,24H,2-3,5-10,14,17-19H2,1H3,(H,23,25). The zero-order valence-corrected chi connectivity index (χ0v) is 15.9. The molecule has 0 fully saturated rings. The second-order valence-corrected chi connectivity index (χ2v) is 6.72. The summed E-state index contributed by atoms with van der Waals surface area (Å²) in [6, 6.07) is 10.1. The van der Waals surface area contributed by atoms with Crippen molar-refractivity contribution in [1.82, 2.24) is 10.6 Å². The zero-order chi connectivity index (χ0) is 18.2. The number of amides is 1. The Bertz CT molecular complexity index is 458. The second-order valence-electron chi connectivity index (χ2n) is 6.72. The molecule has 1 aromatic rings. The minimum absolute atomic E-state index is 0.0822. The molecule has 0 aliphatic heterocycles. The highest BCUT2D eigenvalue weighted by atomic mass is 16.2. The van der Waals surface area contributed by atoms with E-state index in [1.165, 1.54) is 50.5 Å². The zero-order valence-electron chi connectivity index (χ0n) is 15.9. The van der Waals surface area contributed by atoms with Crippen molar-refractivity contribution in [3.8, 4) is 0 Å². The molecule has 3 nitrogen and oxygen atoms in total.